The van der Waals surface area contributed by atoms with E-state index in [0.29, 0.717) is 18.0 Å². The van der Waals surface area contributed by atoms with Crippen LogP contribution in [0.3, 0.4) is 0 Å². The normalized spacial score (nSPS) is 17.5. The van der Waals surface area contributed by atoms with E-state index in [2.05, 4.69) is 15.9 Å². The van der Waals surface area contributed by atoms with Crippen LogP contribution >= 0.6 is 15.9 Å². The highest BCUT2D eigenvalue weighted by molar-refractivity contribution is 9.10. The Hall–Kier alpha value is -0.390. The van der Waals surface area contributed by atoms with Crippen LogP contribution in [0.4, 0.5) is 0 Å². The van der Waals surface area contributed by atoms with Gasteiger partial charge in [-0.15, -0.1) is 0 Å². The molecule has 0 spiro atoms. The zero-order valence-corrected chi connectivity index (χ0v) is 12.2. The lowest BCUT2D eigenvalue weighted by atomic mass is 10.2. The van der Waals surface area contributed by atoms with E-state index in [9.17, 15) is 8.42 Å². The number of sulfonamides is 1. The summed E-state index contributed by atoms with van der Waals surface area (Å²) in [5, 5.41) is 0. The van der Waals surface area contributed by atoms with Crippen LogP contribution < -0.4 is 0 Å². The van der Waals surface area contributed by atoms with Crippen molar-refractivity contribution in [2.24, 2.45) is 0 Å². The lowest BCUT2D eigenvalue weighted by Crippen LogP contribution is -2.28. The van der Waals surface area contributed by atoms with Gasteiger partial charge < -0.3 is 0 Å². The van der Waals surface area contributed by atoms with E-state index in [-0.39, 0.29) is 0 Å². The second-order valence-electron chi connectivity index (χ2n) is 4.22. The van der Waals surface area contributed by atoms with Crippen molar-refractivity contribution in [1.29, 1.82) is 0 Å². The predicted octanol–water partition coefficient (Wildman–Crippen LogP) is 2.80. The molecule has 94 valence electrons. The Morgan fingerprint density at radius 2 is 1.94 bits per heavy atom. The van der Waals surface area contributed by atoms with E-state index in [1.54, 1.807) is 16.4 Å². The first kappa shape index (κ1) is 13.1. The molecule has 0 radical (unpaired) electrons. The molecule has 0 amide bonds. The van der Waals surface area contributed by atoms with Crippen LogP contribution in [0.15, 0.2) is 27.6 Å². The van der Waals surface area contributed by atoms with Gasteiger partial charge in [-0.2, -0.15) is 4.31 Å². The van der Waals surface area contributed by atoms with Crippen molar-refractivity contribution in [3.05, 3.63) is 28.2 Å². The number of halogens is 1. The topological polar surface area (TPSA) is 37.4 Å². The van der Waals surface area contributed by atoms with Crippen LogP contribution in [0, 0.1) is 0 Å². The van der Waals surface area contributed by atoms with Crippen LogP contribution in [-0.4, -0.2) is 25.8 Å². The number of aryl methyl sites for hydroxylation is 1. The first-order valence-corrected chi connectivity index (χ1v) is 8.07. The predicted molar refractivity (Wildman–Crippen MR) is 71.5 cm³/mol. The Morgan fingerprint density at radius 1 is 1.29 bits per heavy atom. The summed E-state index contributed by atoms with van der Waals surface area (Å²) in [6, 6.07) is 5.39. The molecule has 1 aromatic rings. The fourth-order valence-corrected chi connectivity index (χ4v) is 4.34. The first-order valence-electron chi connectivity index (χ1n) is 5.84. The summed E-state index contributed by atoms with van der Waals surface area (Å²) in [4.78, 5) is 0.463. The number of benzene rings is 1. The van der Waals surface area contributed by atoms with Gasteiger partial charge in [0.1, 0.15) is 0 Å². The Labute approximate surface area is 111 Å². The summed E-state index contributed by atoms with van der Waals surface area (Å²) in [6.07, 6.45) is 2.66. The van der Waals surface area contributed by atoms with Crippen molar-refractivity contribution >= 4 is 26.0 Å². The molecule has 1 aliphatic rings. The van der Waals surface area contributed by atoms with Gasteiger partial charge in [-0.1, -0.05) is 22.9 Å². The van der Waals surface area contributed by atoms with Crippen molar-refractivity contribution in [3.63, 3.8) is 0 Å². The maximum Gasteiger partial charge on any atom is 0.243 e. The zero-order chi connectivity index (χ0) is 12.5. The van der Waals surface area contributed by atoms with Gasteiger partial charge in [0.2, 0.25) is 10.0 Å². The number of hydrogen-bond acceptors (Lipinski definition) is 2. The van der Waals surface area contributed by atoms with Gasteiger partial charge in [-0.25, -0.2) is 8.42 Å². The minimum atomic E-state index is -3.29. The Morgan fingerprint density at radius 3 is 2.53 bits per heavy atom. The molecule has 0 atom stereocenters. The average Bonchev–Trinajstić information content (AvgIpc) is 2.82. The molecular weight excluding hydrogens is 302 g/mol. The van der Waals surface area contributed by atoms with Crippen LogP contribution in [0.2, 0.25) is 0 Å². The Balaban J connectivity index is 2.45. The average molecular weight is 318 g/mol. The maximum absolute atomic E-state index is 12.4. The molecule has 1 fully saturated rings. The second kappa shape index (κ2) is 5.08. The monoisotopic (exact) mass is 317 g/mol. The van der Waals surface area contributed by atoms with Gasteiger partial charge in [-0.05, 0) is 43.0 Å². The van der Waals surface area contributed by atoms with Crippen LogP contribution in [0.1, 0.15) is 25.3 Å². The number of nitrogens with zero attached hydrogens (tertiary/aromatic N) is 1. The second-order valence-corrected chi connectivity index (χ2v) is 7.04. The maximum atomic E-state index is 12.4. The van der Waals surface area contributed by atoms with Crippen LogP contribution in [0.5, 0.6) is 0 Å². The van der Waals surface area contributed by atoms with Crippen LogP contribution in [0.25, 0.3) is 0 Å². The third-order valence-corrected chi connectivity index (χ3v) is 5.58. The summed E-state index contributed by atoms with van der Waals surface area (Å²) in [6.45, 7) is 3.29. The summed E-state index contributed by atoms with van der Waals surface area (Å²) in [5.74, 6) is 0. The molecule has 3 nitrogen and oxygen atoms in total. The highest BCUT2D eigenvalue weighted by atomic mass is 79.9. The van der Waals surface area contributed by atoms with E-state index < -0.39 is 10.0 Å². The van der Waals surface area contributed by atoms with E-state index in [1.165, 1.54) is 0 Å². The molecule has 0 aliphatic carbocycles. The minimum Gasteiger partial charge on any atom is -0.207 e. The SMILES string of the molecule is CCc1cc(Br)ccc1S(=O)(=O)N1CCCC1. The molecule has 1 heterocycles. The molecule has 0 N–H and O–H groups in total. The molecule has 2 rings (SSSR count). The van der Waals surface area contributed by atoms with Gasteiger partial charge in [-0.3, -0.25) is 0 Å². The van der Waals surface area contributed by atoms with Crippen molar-refractivity contribution in [2.45, 2.75) is 31.1 Å². The lowest BCUT2D eigenvalue weighted by molar-refractivity contribution is 0.476. The highest BCUT2D eigenvalue weighted by Gasteiger charge is 2.28. The molecule has 0 unspecified atom stereocenters. The molecular formula is C12H16BrNO2S. The lowest BCUT2D eigenvalue weighted by Gasteiger charge is -2.17. The van der Waals surface area contributed by atoms with Gasteiger partial charge in [0.15, 0.2) is 0 Å². The third-order valence-electron chi connectivity index (χ3n) is 3.09. The summed E-state index contributed by atoms with van der Waals surface area (Å²) < 4.78 is 27.4. The van der Waals surface area contributed by atoms with E-state index in [0.717, 1.165) is 29.3 Å². The van der Waals surface area contributed by atoms with Crippen molar-refractivity contribution < 1.29 is 8.42 Å². The molecule has 0 saturated carbocycles. The molecule has 1 aromatic carbocycles. The smallest absolute Gasteiger partial charge is 0.207 e. The molecule has 5 heteroatoms. The van der Waals surface area contributed by atoms with Crippen molar-refractivity contribution in [2.75, 3.05) is 13.1 Å². The van der Waals surface area contributed by atoms with Gasteiger partial charge in [0.05, 0.1) is 4.90 Å². The molecule has 1 saturated heterocycles. The quantitative estimate of drug-likeness (QED) is 0.859. The van der Waals surface area contributed by atoms with Crippen molar-refractivity contribution in [3.8, 4) is 0 Å². The Kier molecular flexibility index (Phi) is 3.90. The Bertz CT molecular complexity index is 507. The van der Waals surface area contributed by atoms with Gasteiger partial charge >= 0.3 is 0 Å². The third kappa shape index (κ3) is 2.56. The van der Waals surface area contributed by atoms with Crippen LogP contribution in [-0.2, 0) is 16.4 Å². The van der Waals surface area contributed by atoms with E-state index >= 15 is 0 Å². The summed E-state index contributed by atoms with van der Waals surface area (Å²) >= 11 is 3.38. The standard InChI is InChI=1S/C12H16BrNO2S/c1-2-10-9-11(13)5-6-12(10)17(15,16)14-7-3-4-8-14/h5-6,9H,2-4,7-8H2,1H3. The number of rotatable bonds is 3. The first-order chi connectivity index (χ1) is 8.05. The zero-order valence-electron chi connectivity index (χ0n) is 9.82. The van der Waals surface area contributed by atoms with Crippen molar-refractivity contribution in [1.82, 2.24) is 4.31 Å². The largest absolute Gasteiger partial charge is 0.243 e. The molecule has 0 aromatic heterocycles. The van der Waals surface area contributed by atoms with Gasteiger partial charge in [0.25, 0.3) is 0 Å². The minimum absolute atomic E-state index is 0.463. The number of hydrogen-bond donors (Lipinski definition) is 0. The molecule has 17 heavy (non-hydrogen) atoms. The fraction of sp³-hybridized carbons (Fsp3) is 0.500. The van der Waals surface area contributed by atoms with E-state index in [1.807, 2.05) is 13.0 Å². The highest BCUT2D eigenvalue weighted by Crippen LogP contribution is 2.26. The fourth-order valence-electron chi connectivity index (χ4n) is 2.14. The van der Waals surface area contributed by atoms with Gasteiger partial charge in [0, 0.05) is 17.6 Å². The summed E-state index contributed by atoms with van der Waals surface area (Å²) in [7, 11) is -3.29. The van der Waals surface area contributed by atoms with E-state index in [4.69, 9.17) is 0 Å². The molecule has 0 bridgehead atoms. The summed E-state index contributed by atoms with van der Waals surface area (Å²) in [5.41, 5.74) is 0.881. The molecule has 1 aliphatic heterocycles.